The van der Waals surface area contributed by atoms with Gasteiger partial charge in [0.1, 0.15) is 6.23 Å². The number of rotatable bonds is 0. The molecule has 1 aromatic rings. The zero-order chi connectivity index (χ0) is 10.4. The molecule has 1 aliphatic heterocycles. The van der Waals surface area contributed by atoms with Gasteiger partial charge in [0.05, 0.1) is 0 Å². The fourth-order valence-corrected chi connectivity index (χ4v) is 2.36. The summed E-state index contributed by atoms with van der Waals surface area (Å²) in [6.07, 6.45) is 11.7. The molecule has 3 rings (SSSR count). The Bertz CT molecular complexity index is 491. The summed E-state index contributed by atoms with van der Waals surface area (Å²) in [7, 11) is 0. The minimum atomic E-state index is -0.518. The van der Waals surface area contributed by atoms with Gasteiger partial charge in [-0.1, -0.05) is 24.3 Å². The third kappa shape index (κ3) is 1.22. The zero-order valence-electron chi connectivity index (χ0n) is 8.59. The minimum Gasteiger partial charge on any atom is -0.370 e. The molecule has 1 aliphatic carbocycles. The minimum absolute atomic E-state index is 0.312. The van der Waals surface area contributed by atoms with Gasteiger partial charge in [-0.2, -0.15) is 0 Å². The van der Waals surface area contributed by atoms with Crippen LogP contribution in [-0.2, 0) is 0 Å². The number of aryl methyl sites for hydroxylation is 1. The molecule has 0 saturated heterocycles. The van der Waals surface area contributed by atoms with E-state index >= 15 is 0 Å². The van der Waals surface area contributed by atoms with E-state index < -0.39 is 6.23 Å². The van der Waals surface area contributed by atoms with E-state index in [0.29, 0.717) is 5.92 Å². The first kappa shape index (κ1) is 8.74. The molecule has 2 heteroatoms. The monoisotopic (exact) mass is 199 g/mol. The Morgan fingerprint density at radius 2 is 2.20 bits per heavy atom. The summed E-state index contributed by atoms with van der Waals surface area (Å²) in [6.45, 7) is 2.06. The Hall–Kier alpha value is -1.54. The molecule has 2 nitrogen and oxygen atoms in total. The summed E-state index contributed by atoms with van der Waals surface area (Å²) < 4.78 is 1.94. The van der Waals surface area contributed by atoms with Crippen LogP contribution in [0.25, 0.3) is 0 Å². The van der Waals surface area contributed by atoms with Crippen LogP contribution in [-0.4, -0.2) is 9.67 Å². The van der Waals surface area contributed by atoms with Crippen LogP contribution >= 0.6 is 0 Å². The van der Waals surface area contributed by atoms with Crippen molar-refractivity contribution in [2.45, 2.75) is 19.1 Å². The van der Waals surface area contributed by atoms with E-state index in [1.807, 2.05) is 22.9 Å². The molecule has 76 valence electrons. The summed E-state index contributed by atoms with van der Waals surface area (Å²) in [6, 6.07) is 2.14. The van der Waals surface area contributed by atoms with Crippen molar-refractivity contribution in [2.75, 3.05) is 0 Å². The summed E-state index contributed by atoms with van der Waals surface area (Å²) in [5.41, 5.74) is 3.57. The number of hydrogen-bond donors (Lipinski definition) is 1. The van der Waals surface area contributed by atoms with Gasteiger partial charge in [0.15, 0.2) is 0 Å². The molecule has 0 amide bonds. The molecule has 0 spiro atoms. The Balaban J connectivity index is 2.18. The van der Waals surface area contributed by atoms with Gasteiger partial charge in [0.25, 0.3) is 0 Å². The van der Waals surface area contributed by atoms with E-state index in [0.717, 1.165) is 0 Å². The molecule has 0 saturated carbocycles. The molecule has 2 heterocycles. The van der Waals surface area contributed by atoms with E-state index in [2.05, 4.69) is 31.2 Å². The van der Waals surface area contributed by atoms with E-state index in [-0.39, 0.29) is 0 Å². The first-order valence-corrected chi connectivity index (χ1v) is 5.19. The first-order valence-electron chi connectivity index (χ1n) is 5.19. The molecule has 1 aromatic heterocycles. The SMILES string of the molecule is Cc1cc2n(c1)C(O)C=C1C=CC=CC12. The Kier molecular flexibility index (Phi) is 1.73. The Morgan fingerprint density at radius 1 is 1.33 bits per heavy atom. The second kappa shape index (κ2) is 2.97. The van der Waals surface area contributed by atoms with Crippen LogP contribution in [0.3, 0.4) is 0 Å². The third-order valence-corrected chi connectivity index (χ3v) is 3.02. The van der Waals surface area contributed by atoms with E-state index in [9.17, 15) is 5.11 Å². The van der Waals surface area contributed by atoms with Crippen molar-refractivity contribution >= 4 is 0 Å². The lowest BCUT2D eigenvalue weighted by Gasteiger charge is -2.27. The molecule has 2 aliphatic rings. The predicted octanol–water partition coefficient (Wildman–Crippen LogP) is 2.44. The quantitative estimate of drug-likeness (QED) is 0.682. The van der Waals surface area contributed by atoms with Crippen LogP contribution in [0.4, 0.5) is 0 Å². The summed E-state index contributed by atoms with van der Waals surface area (Å²) in [4.78, 5) is 0. The maximum Gasteiger partial charge on any atom is 0.150 e. The van der Waals surface area contributed by atoms with Crippen molar-refractivity contribution in [3.05, 3.63) is 59.5 Å². The average Bonchev–Trinajstić information content (AvgIpc) is 2.61. The number of aliphatic hydroxyl groups is 1. The average molecular weight is 199 g/mol. The Morgan fingerprint density at radius 3 is 3.07 bits per heavy atom. The van der Waals surface area contributed by atoms with Gasteiger partial charge in [-0.3, -0.25) is 0 Å². The van der Waals surface area contributed by atoms with Crippen molar-refractivity contribution in [1.29, 1.82) is 0 Å². The summed E-state index contributed by atoms with van der Waals surface area (Å²) in [5, 5.41) is 9.94. The van der Waals surface area contributed by atoms with Crippen LogP contribution in [0, 0.1) is 6.92 Å². The summed E-state index contributed by atoms with van der Waals surface area (Å²) >= 11 is 0. The van der Waals surface area contributed by atoms with E-state index in [4.69, 9.17) is 0 Å². The molecular weight excluding hydrogens is 186 g/mol. The number of fused-ring (bicyclic) bond motifs is 3. The highest BCUT2D eigenvalue weighted by atomic mass is 16.3. The van der Waals surface area contributed by atoms with Crippen LogP contribution < -0.4 is 0 Å². The molecule has 15 heavy (non-hydrogen) atoms. The lowest BCUT2D eigenvalue weighted by Crippen LogP contribution is -2.18. The topological polar surface area (TPSA) is 25.2 Å². The van der Waals surface area contributed by atoms with Crippen LogP contribution in [0.15, 0.2) is 48.2 Å². The molecular formula is C13H13NO. The lowest BCUT2D eigenvalue weighted by molar-refractivity contribution is 0.146. The number of allylic oxidation sites excluding steroid dienone is 5. The number of aliphatic hydroxyl groups excluding tert-OH is 1. The maximum atomic E-state index is 9.94. The van der Waals surface area contributed by atoms with Gasteiger partial charge in [-0.25, -0.2) is 0 Å². The van der Waals surface area contributed by atoms with Crippen LogP contribution in [0.5, 0.6) is 0 Å². The second-order valence-corrected chi connectivity index (χ2v) is 4.15. The highest BCUT2D eigenvalue weighted by Crippen LogP contribution is 2.37. The van der Waals surface area contributed by atoms with E-state index in [1.54, 1.807) is 0 Å². The second-order valence-electron chi connectivity index (χ2n) is 4.15. The molecule has 0 fully saturated rings. The standard InChI is InChI=1S/C13H13NO/c1-9-6-12-11-5-3-2-4-10(11)7-13(15)14(12)8-9/h2-8,11,13,15H,1H3. The number of nitrogens with zero attached hydrogens (tertiary/aromatic N) is 1. The van der Waals surface area contributed by atoms with Crippen LogP contribution in [0.1, 0.15) is 23.4 Å². The highest BCUT2D eigenvalue weighted by molar-refractivity contribution is 5.45. The molecule has 1 N–H and O–H groups in total. The van der Waals surface area contributed by atoms with Crippen molar-refractivity contribution in [3.63, 3.8) is 0 Å². The number of hydrogen-bond acceptors (Lipinski definition) is 1. The molecule has 0 radical (unpaired) electrons. The van der Waals surface area contributed by atoms with Gasteiger partial charge in [0, 0.05) is 17.8 Å². The normalized spacial score (nSPS) is 27.2. The molecule has 0 aromatic carbocycles. The smallest absolute Gasteiger partial charge is 0.150 e. The molecule has 0 bridgehead atoms. The molecule has 2 unspecified atom stereocenters. The highest BCUT2D eigenvalue weighted by Gasteiger charge is 2.25. The lowest BCUT2D eigenvalue weighted by atomic mass is 9.89. The third-order valence-electron chi connectivity index (χ3n) is 3.02. The molecule has 2 atom stereocenters. The van der Waals surface area contributed by atoms with Crippen molar-refractivity contribution in [1.82, 2.24) is 4.57 Å². The van der Waals surface area contributed by atoms with Crippen molar-refractivity contribution < 1.29 is 5.11 Å². The largest absolute Gasteiger partial charge is 0.370 e. The van der Waals surface area contributed by atoms with E-state index in [1.165, 1.54) is 16.8 Å². The van der Waals surface area contributed by atoms with Gasteiger partial charge < -0.3 is 9.67 Å². The fourth-order valence-electron chi connectivity index (χ4n) is 2.36. The van der Waals surface area contributed by atoms with Gasteiger partial charge in [-0.15, -0.1) is 0 Å². The first-order chi connectivity index (χ1) is 7.25. The number of aromatic nitrogens is 1. The predicted molar refractivity (Wildman–Crippen MR) is 59.5 cm³/mol. The van der Waals surface area contributed by atoms with Gasteiger partial charge >= 0.3 is 0 Å². The maximum absolute atomic E-state index is 9.94. The van der Waals surface area contributed by atoms with Crippen molar-refractivity contribution in [3.8, 4) is 0 Å². The fraction of sp³-hybridized carbons (Fsp3) is 0.231. The summed E-state index contributed by atoms with van der Waals surface area (Å²) in [5.74, 6) is 0.312. The zero-order valence-corrected chi connectivity index (χ0v) is 8.59. The van der Waals surface area contributed by atoms with Gasteiger partial charge in [0.2, 0.25) is 0 Å². The van der Waals surface area contributed by atoms with Crippen LogP contribution in [0.2, 0.25) is 0 Å². The van der Waals surface area contributed by atoms with Crippen molar-refractivity contribution in [2.24, 2.45) is 0 Å². The van der Waals surface area contributed by atoms with Gasteiger partial charge in [-0.05, 0) is 30.2 Å². The Labute approximate surface area is 88.8 Å².